The third-order valence-corrected chi connectivity index (χ3v) is 6.03. The highest BCUT2D eigenvalue weighted by Crippen LogP contribution is 2.24. The summed E-state index contributed by atoms with van der Waals surface area (Å²) < 4.78 is 22.4. The van der Waals surface area contributed by atoms with Crippen molar-refractivity contribution in [3.05, 3.63) is 17.0 Å². The maximum atomic E-state index is 12.1. The Labute approximate surface area is 134 Å². The van der Waals surface area contributed by atoms with E-state index >= 15 is 0 Å². The van der Waals surface area contributed by atoms with Gasteiger partial charge in [-0.25, -0.2) is 13.6 Å². The van der Waals surface area contributed by atoms with Crippen LogP contribution in [0.4, 0.5) is 0 Å². The molecule has 5 N–H and O–H groups in total. The van der Waals surface area contributed by atoms with Gasteiger partial charge in [-0.15, -0.1) is 23.7 Å². The van der Waals surface area contributed by atoms with Crippen LogP contribution < -0.4 is 16.2 Å². The largest absolute Gasteiger partial charge is 0.349 e. The van der Waals surface area contributed by atoms with E-state index in [-0.39, 0.29) is 28.6 Å². The van der Waals surface area contributed by atoms with Gasteiger partial charge >= 0.3 is 0 Å². The molecule has 0 aromatic carbocycles. The molecule has 2 unspecified atom stereocenters. The number of amides is 1. The van der Waals surface area contributed by atoms with E-state index in [0.29, 0.717) is 18.0 Å². The molecule has 2 atom stereocenters. The van der Waals surface area contributed by atoms with Crippen LogP contribution in [0.25, 0.3) is 0 Å². The summed E-state index contributed by atoms with van der Waals surface area (Å²) in [5, 5.41) is 9.49. The summed E-state index contributed by atoms with van der Waals surface area (Å²) in [5.74, 6) is 0.0329. The predicted octanol–water partition coefficient (Wildman–Crippen LogP) is 1.06. The second-order valence-electron chi connectivity index (χ2n) is 5.06. The summed E-state index contributed by atoms with van der Waals surface area (Å²) in [6.45, 7) is 0.553. The lowest BCUT2D eigenvalue weighted by atomic mass is 9.84. The number of nitrogens with one attached hydrogen (secondary N) is 1. The zero-order valence-corrected chi connectivity index (χ0v) is 13.9. The van der Waals surface area contributed by atoms with Gasteiger partial charge in [0, 0.05) is 11.4 Å². The summed E-state index contributed by atoms with van der Waals surface area (Å²) in [7, 11) is -3.75. The molecule has 0 aliphatic heterocycles. The number of thiophene rings is 1. The maximum Gasteiger partial charge on any atom is 0.252 e. The highest BCUT2D eigenvalue weighted by atomic mass is 35.5. The Hall–Kier alpha value is -0.670. The minimum Gasteiger partial charge on any atom is -0.349 e. The lowest BCUT2D eigenvalue weighted by Gasteiger charge is -2.31. The van der Waals surface area contributed by atoms with Gasteiger partial charge in [-0.1, -0.05) is 12.8 Å². The van der Waals surface area contributed by atoms with Crippen LogP contribution in [0.5, 0.6) is 0 Å². The SMILES string of the molecule is Cl.NCC1CCCCC1NC(=O)c1csc(S(N)(=O)=O)c1. The minimum atomic E-state index is -3.75. The van der Waals surface area contributed by atoms with Gasteiger partial charge < -0.3 is 11.1 Å². The lowest BCUT2D eigenvalue weighted by Crippen LogP contribution is -2.44. The average Bonchev–Trinajstić information content (AvgIpc) is 2.89. The van der Waals surface area contributed by atoms with Crippen molar-refractivity contribution in [1.29, 1.82) is 0 Å². The molecule has 1 aliphatic carbocycles. The fourth-order valence-corrected chi connectivity index (χ4v) is 4.10. The van der Waals surface area contributed by atoms with E-state index in [4.69, 9.17) is 10.9 Å². The quantitative estimate of drug-likeness (QED) is 0.750. The Morgan fingerprint density at radius 2 is 2.05 bits per heavy atom. The first-order valence-corrected chi connectivity index (χ1v) is 8.96. The van der Waals surface area contributed by atoms with Crippen LogP contribution in [-0.4, -0.2) is 26.9 Å². The number of carbonyl (C=O) groups excluding carboxylic acids is 1. The third kappa shape index (κ3) is 4.65. The Morgan fingerprint density at radius 1 is 1.38 bits per heavy atom. The Kier molecular flexibility index (Phi) is 6.61. The van der Waals surface area contributed by atoms with Gasteiger partial charge in [0.15, 0.2) is 0 Å². The van der Waals surface area contributed by atoms with E-state index < -0.39 is 10.0 Å². The molecule has 21 heavy (non-hydrogen) atoms. The minimum absolute atomic E-state index is 0. The van der Waals surface area contributed by atoms with Gasteiger partial charge in [0.1, 0.15) is 4.21 Å². The van der Waals surface area contributed by atoms with Gasteiger partial charge in [-0.3, -0.25) is 4.79 Å². The first kappa shape index (κ1) is 18.4. The van der Waals surface area contributed by atoms with E-state index in [9.17, 15) is 13.2 Å². The van der Waals surface area contributed by atoms with Crippen molar-refractivity contribution in [3.8, 4) is 0 Å². The first-order valence-electron chi connectivity index (χ1n) is 6.54. The van der Waals surface area contributed by atoms with Crippen LogP contribution in [0.1, 0.15) is 36.0 Å². The van der Waals surface area contributed by atoms with Gasteiger partial charge in [0.25, 0.3) is 5.91 Å². The van der Waals surface area contributed by atoms with Crippen LogP contribution in [0, 0.1) is 5.92 Å². The summed E-state index contributed by atoms with van der Waals surface area (Å²) in [4.78, 5) is 12.1. The predicted molar refractivity (Wildman–Crippen MR) is 85.2 cm³/mol. The topological polar surface area (TPSA) is 115 Å². The second kappa shape index (κ2) is 7.55. The van der Waals surface area contributed by atoms with Crippen molar-refractivity contribution in [1.82, 2.24) is 5.32 Å². The Bertz CT molecular complexity index is 588. The number of sulfonamides is 1. The summed E-state index contributed by atoms with van der Waals surface area (Å²) in [5.41, 5.74) is 6.06. The Balaban J connectivity index is 0.00000220. The van der Waals surface area contributed by atoms with Gasteiger partial charge in [0.2, 0.25) is 10.0 Å². The number of hydrogen-bond acceptors (Lipinski definition) is 5. The molecule has 1 saturated carbocycles. The molecule has 9 heteroatoms. The molecule has 0 spiro atoms. The molecule has 0 bridgehead atoms. The average molecular weight is 354 g/mol. The fourth-order valence-electron chi connectivity index (χ4n) is 2.52. The standard InChI is InChI=1S/C12H19N3O3S2.ClH/c13-6-8-3-1-2-4-10(8)15-12(16)9-5-11(19-7-9)20(14,17)18;/h5,7-8,10H,1-4,6,13H2,(H,15,16)(H2,14,17,18);1H. The van der Waals surface area contributed by atoms with E-state index in [1.165, 1.54) is 11.4 Å². The van der Waals surface area contributed by atoms with Gasteiger partial charge in [-0.2, -0.15) is 0 Å². The molecule has 1 amide bonds. The van der Waals surface area contributed by atoms with Crippen molar-refractivity contribution in [2.45, 2.75) is 35.9 Å². The molecule has 0 saturated heterocycles. The van der Waals surface area contributed by atoms with E-state index in [2.05, 4.69) is 5.32 Å². The van der Waals surface area contributed by atoms with Crippen molar-refractivity contribution >= 4 is 39.7 Å². The number of hydrogen-bond donors (Lipinski definition) is 3. The van der Waals surface area contributed by atoms with Crippen molar-refractivity contribution in [2.75, 3.05) is 6.54 Å². The molecular formula is C12H20ClN3O3S2. The zero-order valence-electron chi connectivity index (χ0n) is 11.4. The van der Waals surface area contributed by atoms with Crippen molar-refractivity contribution < 1.29 is 13.2 Å². The molecular weight excluding hydrogens is 334 g/mol. The molecule has 1 heterocycles. The normalized spacial score (nSPS) is 22.4. The first-order chi connectivity index (χ1) is 9.41. The highest BCUT2D eigenvalue weighted by molar-refractivity contribution is 7.91. The van der Waals surface area contributed by atoms with Crippen molar-refractivity contribution in [3.63, 3.8) is 0 Å². The number of nitrogens with two attached hydrogens (primary N) is 2. The molecule has 1 aromatic rings. The smallest absolute Gasteiger partial charge is 0.252 e. The number of primary sulfonamides is 1. The summed E-state index contributed by atoms with van der Waals surface area (Å²) in [6, 6.07) is 1.38. The molecule has 1 aromatic heterocycles. The van der Waals surface area contributed by atoms with Crippen LogP contribution in [-0.2, 0) is 10.0 Å². The van der Waals surface area contributed by atoms with E-state index in [0.717, 1.165) is 37.0 Å². The molecule has 1 fully saturated rings. The highest BCUT2D eigenvalue weighted by Gasteiger charge is 2.26. The summed E-state index contributed by atoms with van der Waals surface area (Å²) >= 11 is 0.955. The number of rotatable bonds is 4. The number of carbonyl (C=O) groups is 1. The second-order valence-corrected chi connectivity index (χ2v) is 7.76. The van der Waals surface area contributed by atoms with Crippen LogP contribution in [0.3, 0.4) is 0 Å². The number of halogens is 1. The van der Waals surface area contributed by atoms with Crippen LogP contribution in [0.15, 0.2) is 15.7 Å². The maximum absolute atomic E-state index is 12.1. The third-order valence-electron chi connectivity index (χ3n) is 3.65. The zero-order chi connectivity index (χ0) is 14.8. The van der Waals surface area contributed by atoms with Gasteiger partial charge in [0.05, 0.1) is 5.56 Å². The van der Waals surface area contributed by atoms with E-state index in [1.54, 1.807) is 0 Å². The molecule has 120 valence electrons. The Morgan fingerprint density at radius 3 is 2.62 bits per heavy atom. The molecule has 2 rings (SSSR count). The van der Waals surface area contributed by atoms with Gasteiger partial charge in [-0.05, 0) is 31.4 Å². The summed E-state index contributed by atoms with van der Waals surface area (Å²) in [6.07, 6.45) is 4.16. The fraction of sp³-hybridized carbons (Fsp3) is 0.583. The molecule has 0 radical (unpaired) electrons. The van der Waals surface area contributed by atoms with Crippen molar-refractivity contribution in [2.24, 2.45) is 16.8 Å². The van der Waals surface area contributed by atoms with Crippen LogP contribution in [0.2, 0.25) is 0 Å². The van der Waals surface area contributed by atoms with E-state index in [1.807, 2.05) is 0 Å². The lowest BCUT2D eigenvalue weighted by molar-refractivity contribution is 0.0908. The van der Waals surface area contributed by atoms with Crippen LogP contribution >= 0.6 is 23.7 Å². The monoisotopic (exact) mass is 353 g/mol. The molecule has 6 nitrogen and oxygen atoms in total. The molecule has 1 aliphatic rings.